The number of carbonyl (C=O) groups excluding carboxylic acids is 1. The first kappa shape index (κ1) is 42.7. The van der Waals surface area contributed by atoms with Crippen molar-refractivity contribution in [1.29, 1.82) is 10.5 Å². The summed E-state index contributed by atoms with van der Waals surface area (Å²) in [5.41, 5.74) is 3.19. The number of nitriles is 2. The van der Waals surface area contributed by atoms with E-state index in [-0.39, 0.29) is 51.1 Å². The molecule has 0 radical (unpaired) electrons. The lowest BCUT2D eigenvalue weighted by Gasteiger charge is -2.69. The van der Waals surface area contributed by atoms with Crippen molar-refractivity contribution in [3.8, 4) is 23.9 Å². The number of rotatable bonds is 10. The van der Waals surface area contributed by atoms with E-state index in [1.165, 1.54) is 54.9 Å². The highest BCUT2D eigenvalue weighted by Gasteiger charge is 2.73. The molecule has 6 fully saturated rings. The van der Waals surface area contributed by atoms with Gasteiger partial charge in [-0.25, -0.2) is 42.5 Å². The summed E-state index contributed by atoms with van der Waals surface area (Å²) in [5.74, 6) is -1.91. The van der Waals surface area contributed by atoms with Crippen molar-refractivity contribution in [1.82, 2.24) is 30.4 Å². The summed E-state index contributed by atoms with van der Waals surface area (Å²) in [7, 11) is 0. The van der Waals surface area contributed by atoms with Crippen molar-refractivity contribution < 1.29 is 41.7 Å². The number of nitrogens with one attached hydrogen (secondary N) is 1. The van der Waals surface area contributed by atoms with Crippen molar-refractivity contribution in [2.75, 3.05) is 13.2 Å². The molecule has 2 N–H and O–H groups in total. The molecule has 4 heterocycles. The Hall–Kier alpha value is -7.02. The molecular formula is C44H40F4N10O5. The van der Waals surface area contributed by atoms with Crippen LogP contribution >= 0.6 is 0 Å². The largest absolute Gasteiger partial charge is 0.481 e. The summed E-state index contributed by atoms with van der Waals surface area (Å²) in [6.45, 7) is 3.94. The van der Waals surface area contributed by atoms with E-state index in [0.717, 1.165) is 6.07 Å². The molecule has 6 saturated carbocycles. The molecule has 6 aliphatic carbocycles. The number of nitrogens with zero attached hydrogens (tertiary/aromatic N) is 9. The number of benzene rings is 2. The molecule has 2 aromatic heterocycles. The zero-order valence-corrected chi connectivity index (χ0v) is 34.1. The van der Waals surface area contributed by atoms with Crippen molar-refractivity contribution in [2.24, 2.45) is 31.9 Å². The van der Waals surface area contributed by atoms with E-state index >= 15 is 0 Å². The smallest absolute Gasteiger partial charge is 0.309 e. The van der Waals surface area contributed by atoms with Crippen molar-refractivity contribution in [3.05, 3.63) is 106 Å². The zero-order valence-electron chi connectivity index (χ0n) is 34.1. The lowest BCUT2D eigenvalue weighted by atomic mass is 9.35. The number of aryl methyl sites for hydroxylation is 2. The molecule has 2 aliphatic heterocycles. The minimum atomic E-state index is -0.692. The van der Waals surface area contributed by atoms with Gasteiger partial charge in [-0.05, 0) is 87.8 Å². The Balaban J connectivity index is 0.000000143. The van der Waals surface area contributed by atoms with Crippen LogP contribution in [0, 0.1) is 81.4 Å². The molecular weight excluding hydrogens is 825 g/mol. The Morgan fingerprint density at radius 1 is 0.762 bits per heavy atom. The number of amides is 1. The second kappa shape index (κ2) is 16.4. The van der Waals surface area contributed by atoms with Gasteiger partial charge in [0.25, 0.3) is 0 Å². The van der Waals surface area contributed by atoms with Crippen LogP contribution in [0.25, 0.3) is 0 Å². The first-order valence-electron chi connectivity index (χ1n) is 20.1. The van der Waals surface area contributed by atoms with E-state index in [4.69, 9.17) is 25.1 Å². The molecule has 19 heteroatoms. The topological polar surface area (TPSA) is 212 Å². The highest BCUT2D eigenvalue weighted by atomic mass is 19.1. The van der Waals surface area contributed by atoms with Gasteiger partial charge in [0.2, 0.25) is 17.7 Å². The lowest BCUT2D eigenvalue weighted by Crippen LogP contribution is -2.69. The third-order valence-corrected chi connectivity index (χ3v) is 12.7. The average molecular weight is 865 g/mol. The van der Waals surface area contributed by atoms with E-state index in [0.29, 0.717) is 87.5 Å². The van der Waals surface area contributed by atoms with E-state index in [1.807, 2.05) is 12.1 Å². The summed E-state index contributed by atoms with van der Waals surface area (Å²) < 4.78 is 66.3. The predicted octanol–water partition coefficient (Wildman–Crippen LogP) is 6.72. The zero-order chi connectivity index (χ0) is 44.7. The van der Waals surface area contributed by atoms with Crippen molar-refractivity contribution in [2.45, 2.75) is 77.3 Å². The fourth-order valence-corrected chi connectivity index (χ4v) is 9.69. The maximum atomic E-state index is 14.5. The summed E-state index contributed by atoms with van der Waals surface area (Å²) in [6.07, 6.45) is 13.8. The fraction of sp³-hybridized carbons (Fsp3) is 0.409. The number of carboxylic acid groups (broad SMARTS) is 1. The second-order valence-electron chi connectivity index (χ2n) is 17.4. The van der Waals surface area contributed by atoms with Gasteiger partial charge >= 0.3 is 5.97 Å². The van der Waals surface area contributed by atoms with Gasteiger partial charge in [0.1, 0.15) is 35.4 Å². The third-order valence-electron chi connectivity index (χ3n) is 12.7. The number of halogens is 4. The summed E-state index contributed by atoms with van der Waals surface area (Å²) >= 11 is 0. The van der Waals surface area contributed by atoms with Crippen LogP contribution in [0.3, 0.4) is 0 Å². The minimum absolute atomic E-state index is 0.0218. The Labute approximate surface area is 358 Å². The third kappa shape index (κ3) is 8.11. The van der Waals surface area contributed by atoms with Gasteiger partial charge in [-0.3, -0.25) is 9.59 Å². The Morgan fingerprint density at radius 2 is 1.35 bits per heavy atom. The predicted molar refractivity (Wildman–Crippen MR) is 213 cm³/mol. The van der Waals surface area contributed by atoms with Crippen LogP contribution in [0.15, 0.2) is 59.3 Å². The molecule has 1 amide bonds. The molecule has 2 unspecified atom stereocenters. The lowest BCUT2D eigenvalue weighted by molar-refractivity contribution is -0.231. The Bertz CT molecular complexity index is 2570. The van der Waals surface area contributed by atoms with Crippen LogP contribution < -0.4 is 14.9 Å². The summed E-state index contributed by atoms with van der Waals surface area (Å²) in [4.78, 5) is 39.9. The van der Waals surface area contributed by atoms with E-state index in [2.05, 4.69) is 35.6 Å². The number of aromatic nitrogens is 4. The van der Waals surface area contributed by atoms with E-state index in [9.17, 15) is 27.2 Å². The standard InChI is InChI=1S/C22H19F2N5O2.C12H11N3O3.C10H10F2N2/c1-13-4-17(24)15(5-16(13)23)18-2-3-28-29(18)20(30)22-9-21(10-22,11-22)12-31-19-8-26-14(6-25)7-27-19;13-1-8-2-15-9(3-14-8)18-7-11-4-12(5-11,6-11)10(16)17;1-6-4-7(11)5-8(10(6)12)9-2-3-13-14-9/h3-5,7-8,18H,2,9-12H2,1H3;2-3H,4-7H2,(H,16,17);3-5,9,14H,2H2,1H3. The minimum Gasteiger partial charge on any atom is -0.481 e. The summed E-state index contributed by atoms with van der Waals surface area (Å²) in [6, 6.07) is 7.65. The number of hydrazone groups is 2. The van der Waals surface area contributed by atoms with Crippen LogP contribution in [0.5, 0.6) is 11.8 Å². The quantitative estimate of drug-likeness (QED) is 0.159. The van der Waals surface area contributed by atoms with Gasteiger partial charge in [-0.15, -0.1) is 0 Å². The van der Waals surface area contributed by atoms with Crippen LogP contribution in [0.2, 0.25) is 0 Å². The van der Waals surface area contributed by atoms with Crippen LogP contribution in [0.4, 0.5) is 17.6 Å². The molecule has 4 aromatic rings. The van der Waals surface area contributed by atoms with E-state index < -0.39 is 40.3 Å². The number of carboxylic acids is 1. The fourth-order valence-electron chi connectivity index (χ4n) is 9.69. The number of carbonyl (C=O) groups is 2. The maximum absolute atomic E-state index is 14.5. The molecule has 63 heavy (non-hydrogen) atoms. The normalized spacial score (nSPS) is 27.2. The number of aliphatic carboxylic acids is 1. The van der Waals surface area contributed by atoms with Crippen LogP contribution in [-0.4, -0.2) is 67.6 Å². The van der Waals surface area contributed by atoms with Gasteiger partial charge in [0, 0.05) is 47.2 Å². The highest BCUT2D eigenvalue weighted by Crippen LogP contribution is 2.74. The molecule has 2 atom stereocenters. The van der Waals surface area contributed by atoms with Crippen LogP contribution in [-0.2, 0) is 9.59 Å². The number of hydrogen-bond donors (Lipinski definition) is 2. The maximum Gasteiger partial charge on any atom is 0.309 e. The molecule has 0 spiro atoms. The molecule has 2 aromatic carbocycles. The Kier molecular flexibility index (Phi) is 11.1. The van der Waals surface area contributed by atoms with Gasteiger partial charge in [0.15, 0.2) is 11.4 Å². The van der Waals surface area contributed by atoms with Crippen LogP contribution in [0.1, 0.15) is 97.1 Å². The molecule has 8 aliphatic rings. The Morgan fingerprint density at radius 3 is 1.86 bits per heavy atom. The van der Waals surface area contributed by atoms with Gasteiger partial charge in [-0.1, -0.05) is 0 Å². The van der Waals surface area contributed by atoms with Gasteiger partial charge in [-0.2, -0.15) is 20.7 Å². The summed E-state index contributed by atoms with van der Waals surface area (Å²) in [5, 5.41) is 35.6. The van der Waals surface area contributed by atoms with Crippen molar-refractivity contribution in [3.63, 3.8) is 0 Å². The first-order valence-corrected chi connectivity index (χ1v) is 20.1. The van der Waals surface area contributed by atoms with Gasteiger partial charge in [0.05, 0.1) is 60.9 Å². The van der Waals surface area contributed by atoms with Crippen molar-refractivity contribution >= 4 is 24.3 Å². The average Bonchev–Trinajstić information content (AvgIpc) is 3.93. The first-order chi connectivity index (χ1) is 30.1. The van der Waals surface area contributed by atoms with Gasteiger partial charge < -0.3 is 20.0 Å². The van der Waals surface area contributed by atoms with E-state index in [1.54, 1.807) is 19.4 Å². The molecule has 12 rings (SSSR count). The second-order valence-corrected chi connectivity index (χ2v) is 17.4. The molecule has 0 saturated heterocycles. The number of ether oxygens (including phenoxy) is 2. The number of hydrogen-bond acceptors (Lipinski definition) is 13. The SMILES string of the molecule is Cc1cc(F)c(C2CC=NN2C(=O)C23CC(COc4cnc(C#N)cn4)(C2)C3)cc1F.Cc1cc(F)cc(C2CC=NN2)c1F.N#Cc1cnc(OCC23CC(C(=O)O)(C2)C3)cn1. The molecule has 4 bridgehead atoms. The molecule has 324 valence electrons. The monoisotopic (exact) mass is 864 g/mol. The molecule has 15 nitrogen and oxygen atoms in total. The highest BCUT2D eigenvalue weighted by molar-refractivity contribution is 5.88.